The summed E-state index contributed by atoms with van der Waals surface area (Å²) in [4.78, 5) is 4.38. The molecule has 114 valence electrons. The smallest absolute Gasteiger partial charge is 0.138 e. The first-order valence-electron chi connectivity index (χ1n) is 7.46. The molecule has 1 heterocycles. The number of likely N-dealkylation sites (N-methyl/N-ethyl adjacent to an activating group) is 1. The molecule has 0 aliphatic carbocycles. The molecule has 5 heteroatoms. The number of hydrogen-bond donors (Lipinski definition) is 1. The molecule has 0 aliphatic rings. The van der Waals surface area contributed by atoms with Crippen molar-refractivity contribution in [3.63, 3.8) is 0 Å². The fourth-order valence-electron chi connectivity index (χ4n) is 2.43. The van der Waals surface area contributed by atoms with Crippen LogP contribution < -0.4 is 5.32 Å². The van der Waals surface area contributed by atoms with E-state index >= 15 is 0 Å². The summed E-state index contributed by atoms with van der Waals surface area (Å²) in [5.41, 5.74) is 1.12. The molecule has 2 rings (SSSR count). The number of benzene rings is 1. The zero-order valence-corrected chi connectivity index (χ0v) is 12.9. The highest BCUT2D eigenvalue weighted by Gasteiger charge is 2.17. The van der Waals surface area contributed by atoms with Crippen molar-refractivity contribution in [3.8, 4) is 0 Å². The molecular formula is C16H23FN4. The van der Waals surface area contributed by atoms with Crippen LogP contribution in [0.15, 0.2) is 30.6 Å². The summed E-state index contributed by atoms with van der Waals surface area (Å²) in [6.45, 7) is 8.02. The van der Waals surface area contributed by atoms with Gasteiger partial charge >= 0.3 is 0 Å². The van der Waals surface area contributed by atoms with Gasteiger partial charge in [0, 0.05) is 24.9 Å². The van der Waals surface area contributed by atoms with Gasteiger partial charge in [0.25, 0.3) is 0 Å². The molecule has 1 atom stereocenters. The molecule has 0 saturated heterocycles. The van der Waals surface area contributed by atoms with Crippen LogP contribution in [0, 0.1) is 5.82 Å². The normalized spacial score (nSPS) is 12.8. The molecule has 4 nitrogen and oxygen atoms in total. The van der Waals surface area contributed by atoms with Crippen LogP contribution in [0.25, 0.3) is 0 Å². The minimum atomic E-state index is -0.203. The Labute approximate surface area is 125 Å². The molecule has 1 unspecified atom stereocenters. The lowest BCUT2D eigenvalue weighted by Gasteiger charge is -2.19. The average Bonchev–Trinajstić information content (AvgIpc) is 2.93. The van der Waals surface area contributed by atoms with Gasteiger partial charge in [0.2, 0.25) is 0 Å². The van der Waals surface area contributed by atoms with Gasteiger partial charge in [-0.3, -0.25) is 0 Å². The summed E-state index contributed by atoms with van der Waals surface area (Å²) in [6.07, 6.45) is 2.39. The van der Waals surface area contributed by atoms with Crippen molar-refractivity contribution in [2.24, 2.45) is 0 Å². The maximum absolute atomic E-state index is 13.1. The summed E-state index contributed by atoms with van der Waals surface area (Å²) < 4.78 is 15.1. The first-order chi connectivity index (χ1) is 10.1. The van der Waals surface area contributed by atoms with Crippen molar-refractivity contribution >= 4 is 0 Å². The van der Waals surface area contributed by atoms with Crippen LogP contribution in [0.4, 0.5) is 4.39 Å². The van der Waals surface area contributed by atoms with E-state index in [1.165, 1.54) is 12.1 Å². The molecule has 2 aromatic rings. The van der Waals surface area contributed by atoms with Crippen molar-refractivity contribution in [2.75, 3.05) is 13.1 Å². The van der Waals surface area contributed by atoms with Gasteiger partial charge in [-0.15, -0.1) is 0 Å². The van der Waals surface area contributed by atoms with E-state index in [0.29, 0.717) is 0 Å². The summed E-state index contributed by atoms with van der Waals surface area (Å²) >= 11 is 0. The lowest BCUT2D eigenvalue weighted by molar-refractivity contribution is 0.484. The number of halogens is 1. The number of hydrogen-bond acceptors (Lipinski definition) is 3. The van der Waals surface area contributed by atoms with Crippen LogP contribution in [0.3, 0.4) is 0 Å². The molecular weight excluding hydrogens is 267 g/mol. The Morgan fingerprint density at radius 1 is 1.24 bits per heavy atom. The van der Waals surface area contributed by atoms with E-state index in [-0.39, 0.29) is 17.8 Å². The van der Waals surface area contributed by atoms with Gasteiger partial charge in [0.05, 0.1) is 0 Å². The van der Waals surface area contributed by atoms with Crippen molar-refractivity contribution in [3.05, 3.63) is 47.8 Å². The minimum Gasteiger partial charge on any atom is -0.316 e. The molecule has 0 spiro atoms. The van der Waals surface area contributed by atoms with Gasteiger partial charge in [0.1, 0.15) is 18.0 Å². The van der Waals surface area contributed by atoms with Gasteiger partial charge in [-0.05, 0) is 38.1 Å². The topological polar surface area (TPSA) is 42.7 Å². The SMILES string of the molecule is CCNCC(Cc1ncnn1C(C)C)c1ccc(F)cc1. The fraction of sp³-hybridized carbons (Fsp3) is 0.500. The second-order valence-electron chi connectivity index (χ2n) is 5.47. The number of aromatic nitrogens is 3. The van der Waals surface area contributed by atoms with Gasteiger partial charge in [-0.25, -0.2) is 14.1 Å². The van der Waals surface area contributed by atoms with Gasteiger partial charge < -0.3 is 5.32 Å². The third-order valence-corrected chi connectivity index (χ3v) is 3.55. The first kappa shape index (κ1) is 15.6. The standard InChI is InChI=1S/C16H23FN4/c1-4-18-10-14(13-5-7-15(17)8-6-13)9-16-19-11-20-21(16)12(2)3/h5-8,11-12,14,18H,4,9-10H2,1-3H3. The Hall–Kier alpha value is -1.75. The first-order valence-corrected chi connectivity index (χ1v) is 7.46. The monoisotopic (exact) mass is 290 g/mol. The van der Waals surface area contributed by atoms with E-state index < -0.39 is 0 Å². The second-order valence-corrected chi connectivity index (χ2v) is 5.47. The minimum absolute atomic E-state index is 0.203. The average molecular weight is 290 g/mol. The number of rotatable bonds is 7. The molecule has 0 saturated carbocycles. The number of nitrogens with zero attached hydrogens (tertiary/aromatic N) is 3. The molecule has 1 N–H and O–H groups in total. The third kappa shape index (κ3) is 4.11. The Balaban J connectivity index is 2.19. The van der Waals surface area contributed by atoms with Crippen LogP contribution in [-0.4, -0.2) is 27.9 Å². The van der Waals surface area contributed by atoms with Crippen LogP contribution in [0.2, 0.25) is 0 Å². The van der Waals surface area contributed by atoms with E-state index in [4.69, 9.17) is 0 Å². The molecule has 0 amide bonds. The molecule has 21 heavy (non-hydrogen) atoms. The largest absolute Gasteiger partial charge is 0.316 e. The molecule has 1 aromatic carbocycles. The van der Waals surface area contributed by atoms with Gasteiger partial charge in [-0.1, -0.05) is 19.1 Å². The Bertz CT molecular complexity index is 548. The molecule has 0 fully saturated rings. The summed E-state index contributed by atoms with van der Waals surface area (Å²) in [7, 11) is 0. The van der Waals surface area contributed by atoms with Crippen molar-refractivity contribution in [1.29, 1.82) is 0 Å². The van der Waals surface area contributed by atoms with Crippen molar-refractivity contribution in [1.82, 2.24) is 20.1 Å². The zero-order valence-electron chi connectivity index (χ0n) is 12.9. The zero-order chi connectivity index (χ0) is 15.2. The maximum Gasteiger partial charge on any atom is 0.138 e. The molecule has 0 bridgehead atoms. The van der Waals surface area contributed by atoms with E-state index in [0.717, 1.165) is 30.9 Å². The molecule has 1 aromatic heterocycles. The van der Waals surface area contributed by atoms with Crippen LogP contribution >= 0.6 is 0 Å². The Kier molecular flexibility index (Phi) is 5.44. The van der Waals surface area contributed by atoms with E-state index in [9.17, 15) is 4.39 Å². The summed E-state index contributed by atoms with van der Waals surface area (Å²) in [5, 5.41) is 7.65. The third-order valence-electron chi connectivity index (χ3n) is 3.55. The van der Waals surface area contributed by atoms with Crippen LogP contribution in [0.1, 0.15) is 44.1 Å². The van der Waals surface area contributed by atoms with E-state index in [1.54, 1.807) is 6.33 Å². The predicted octanol–water partition coefficient (Wildman–Crippen LogP) is 2.93. The van der Waals surface area contributed by atoms with Crippen molar-refractivity contribution in [2.45, 2.75) is 39.2 Å². The maximum atomic E-state index is 13.1. The number of nitrogens with one attached hydrogen (secondary N) is 1. The van der Waals surface area contributed by atoms with Crippen LogP contribution in [0.5, 0.6) is 0 Å². The Morgan fingerprint density at radius 3 is 2.57 bits per heavy atom. The quantitative estimate of drug-likeness (QED) is 0.852. The predicted molar refractivity (Wildman–Crippen MR) is 81.8 cm³/mol. The Morgan fingerprint density at radius 2 is 1.95 bits per heavy atom. The molecule has 0 radical (unpaired) electrons. The van der Waals surface area contributed by atoms with Gasteiger partial charge in [0.15, 0.2) is 0 Å². The van der Waals surface area contributed by atoms with Gasteiger partial charge in [-0.2, -0.15) is 5.10 Å². The molecule has 0 aliphatic heterocycles. The highest BCUT2D eigenvalue weighted by molar-refractivity contribution is 5.22. The highest BCUT2D eigenvalue weighted by Crippen LogP contribution is 2.21. The summed E-state index contributed by atoms with van der Waals surface area (Å²) in [6, 6.07) is 7.03. The fourth-order valence-corrected chi connectivity index (χ4v) is 2.43. The lowest BCUT2D eigenvalue weighted by Crippen LogP contribution is -2.24. The summed E-state index contributed by atoms with van der Waals surface area (Å²) in [5.74, 6) is 1.02. The van der Waals surface area contributed by atoms with E-state index in [2.05, 4.69) is 36.2 Å². The van der Waals surface area contributed by atoms with E-state index in [1.807, 2.05) is 16.8 Å². The second kappa shape index (κ2) is 7.31. The van der Waals surface area contributed by atoms with Crippen molar-refractivity contribution < 1.29 is 4.39 Å². The lowest BCUT2D eigenvalue weighted by atomic mass is 9.95. The van der Waals surface area contributed by atoms with Crippen LogP contribution in [-0.2, 0) is 6.42 Å². The highest BCUT2D eigenvalue weighted by atomic mass is 19.1.